The fourth-order valence-corrected chi connectivity index (χ4v) is 4.62. The highest BCUT2D eigenvalue weighted by Gasteiger charge is 2.30. The van der Waals surface area contributed by atoms with Crippen molar-refractivity contribution >= 4 is 23.0 Å². The molecule has 1 aromatic heterocycles. The highest BCUT2D eigenvalue weighted by Crippen LogP contribution is 2.36. The monoisotopic (exact) mass is 500 g/mol. The molecule has 2 aliphatic rings. The number of nitrogens with one attached hydrogen (secondary N) is 2. The molecule has 4 rings (SSSR count). The number of nitrogen functional groups attached to an aromatic ring is 1. The molecular weight excluding hydrogens is 469 g/mol. The molecule has 36 heavy (non-hydrogen) atoms. The molecule has 0 radical (unpaired) electrons. The van der Waals surface area contributed by atoms with Gasteiger partial charge in [-0.15, -0.1) is 0 Å². The maximum absolute atomic E-state index is 15.4. The van der Waals surface area contributed by atoms with Crippen LogP contribution in [0.25, 0.3) is 11.1 Å². The molecule has 1 amide bonds. The first-order chi connectivity index (χ1) is 17.2. The standard InChI is InChI=1S/C26H31F3N6O/c1-15-13-35(14-16(2)34(15)3)24-9-22(27)20(17-7-18(30)11-32-10-17)8-23(24)33-26(36)21-12-31-6-4-5-19(21)25(28)29/h5,7-12,15-16,25,31H,4,6,13-14,30H2,1-3H3,(H,33,36). The van der Waals surface area contributed by atoms with Gasteiger partial charge in [0.15, 0.2) is 0 Å². The Labute approximate surface area is 208 Å². The number of rotatable bonds is 5. The van der Waals surface area contributed by atoms with E-state index in [9.17, 15) is 13.6 Å². The van der Waals surface area contributed by atoms with Gasteiger partial charge in [0.05, 0.1) is 22.6 Å². The van der Waals surface area contributed by atoms with Crippen molar-refractivity contribution < 1.29 is 18.0 Å². The molecule has 2 aliphatic heterocycles. The molecule has 7 nitrogen and oxygen atoms in total. The topological polar surface area (TPSA) is 86.5 Å². The molecule has 1 aromatic carbocycles. The number of anilines is 3. The maximum Gasteiger partial charge on any atom is 0.264 e. The third-order valence-corrected chi connectivity index (χ3v) is 6.79. The second-order valence-electron chi connectivity index (χ2n) is 9.34. The van der Waals surface area contributed by atoms with Crippen molar-refractivity contribution in [2.75, 3.05) is 42.6 Å². The van der Waals surface area contributed by atoms with Crippen LogP contribution in [0.3, 0.4) is 0 Å². The van der Waals surface area contributed by atoms with Crippen LogP contribution in [-0.2, 0) is 4.79 Å². The Bertz CT molecular complexity index is 1190. The maximum atomic E-state index is 15.4. The molecule has 10 heteroatoms. The Kier molecular flexibility index (Phi) is 7.53. The number of hydrogen-bond acceptors (Lipinski definition) is 6. The average Bonchev–Trinajstić information content (AvgIpc) is 3.09. The number of aromatic nitrogens is 1. The lowest BCUT2D eigenvalue weighted by atomic mass is 10.0. The van der Waals surface area contributed by atoms with E-state index in [1.165, 1.54) is 36.8 Å². The number of piperazine rings is 1. The van der Waals surface area contributed by atoms with Crippen LogP contribution in [0.4, 0.5) is 30.2 Å². The van der Waals surface area contributed by atoms with Gasteiger partial charge in [-0.05, 0) is 45.5 Å². The van der Waals surface area contributed by atoms with Crippen LogP contribution >= 0.6 is 0 Å². The quantitative estimate of drug-likeness (QED) is 0.575. The van der Waals surface area contributed by atoms with E-state index in [1.807, 2.05) is 11.9 Å². The average molecular weight is 501 g/mol. The lowest BCUT2D eigenvalue weighted by molar-refractivity contribution is -0.112. The van der Waals surface area contributed by atoms with Crippen molar-refractivity contribution in [3.8, 4) is 11.1 Å². The minimum absolute atomic E-state index is 0.148. The summed E-state index contributed by atoms with van der Waals surface area (Å²) in [5, 5.41) is 5.68. The van der Waals surface area contributed by atoms with Gasteiger partial charge in [-0.3, -0.25) is 14.7 Å². The van der Waals surface area contributed by atoms with Gasteiger partial charge in [-0.2, -0.15) is 0 Å². The van der Waals surface area contributed by atoms with E-state index in [0.29, 0.717) is 48.7 Å². The molecule has 192 valence electrons. The summed E-state index contributed by atoms with van der Waals surface area (Å²) in [6, 6.07) is 4.85. The molecular formula is C26H31F3N6O. The minimum atomic E-state index is -2.80. The minimum Gasteiger partial charge on any atom is -0.397 e. The van der Waals surface area contributed by atoms with E-state index in [4.69, 9.17) is 5.73 Å². The number of pyridine rings is 1. The highest BCUT2D eigenvalue weighted by atomic mass is 19.3. The number of carbonyl (C=O) groups excluding carboxylic acids is 1. The summed E-state index contributed by atoms with van der Waals surface area (Å²) in [6.45, 7) is 5.81. The first-order valence-corrected chi connectivity index (χ1v) is 11.9. The number of amides is 1. The van der Waals surface area contributed by atoms with E-state index in [-0.39, 0.29) is 28.8 Å². The molecule has 1 saturated heterocycles. The normalized spacial score (nSPS) is 20.9. The van der Waals surface area contributed by atoms with Crippen LogP contribution in [0, 0.1) is 5.82 Å². The number of benzene rings is 1. The van der Waals surface area contributed by atoms with Gasteiger partial charge in [0, 0.05) is 67.0 Å². The number of nitrogens with two attached hydrogens (primary N) is 1. The predicted octanol–water partition coefficient (Wildman–Crippen LogP) is 4.01. The molecule has 2 aromatic rings. The summed E-state index contributed by atoms with van der Waals surface area (Å²) in [7, 11) is 2.04. The Morgan fingerprint density at radius 3 is 2.58 bits per heavy atom. The van der Waals surface area contributed by atoms with Gasteiger partial charge in [0.2, 0.25) is 0 Å². The predicted molar refractivity (Wildman–Crippen MR) is 136 cm³/mol. The lowest BCUT2D eigenvalue weighted by Gasteiger charge is -2.44. The van der Waals surface area contributed by atoms with Crippen LogP contribution in [0.2, 0.25) is 0 Å². The molecule has 0 saturated carbocycles. The molecule has 2 atom stereocenters. The fourth-order valence-electron chi connectivity index (χ4n) is 4.62. The van der Waals surface area contributed by atoms with Crippen molar-refractivity contribution in [2.24, 2.45) is 0 Å². The zero-order valence-electron chi connectivity index (χ0n) is 20.6. The van der Waals surface area contributed by atoms with E-state index in [0.717, 1.165) is 0 Å². The van der Waals surface area contributed by atoms with Crippen LogP contribution < -0.4 is 21.3 Å². The van der Waals surface area contributed by atoms with Gasteiger partial charge < -0.3 is 21.3 Å². The molecule has 0 bridgehead atoms. The summed E-state index contributed by atoms with van der Waals surface area (Å²) >= 11 is 0. The summed E-state index contributed by atoms with van der Waals surface area (Å²) in [5.41, 5.74) is 7.18. The molecule has 0 spiro atoms. The number of likely N-dealkylation sites (N-methyl/N-ethyl adjacent to an activating group) is 1. The molecule has 2 unspecified atom stereocenters. The first kappa shape index (κ1) is 25.6. The van der Waals surface area contributed by atoms with Gasteiger partial charge in [0.1, 0.15) is 5.82 Å². The zero-order valence-corrected chi connectivity index (χ0v) is 20.6. The third kappa shape index (κ3) is 5.33. The van der Waals surface area contributed by atoms with Crippen molar-refractivity contribution in [1.29, 1.82) is 0 Å². The number of alkyl halides is 2. The number of carbonyl (C=O) groups is 1. The zero-order chi connectivity index (χ0) is 26.0. The van der Waals surface area contributed by atoms with Gasteiger partial charge in [-0.25, -0.2) is 13.2 Å². The SMILES string of the molecule is CC1CN(c2cc(F)c(-c3cncc(N)c3)cc2NC(=O)C2=CNCCC=C2C(F)F)CC(C)N1C. The molecule has 0 aliphatic carbocycles. The smallest absolute Gasteiger partial charge is 0.264 e. The molecule has 1 fully saturated rings. The summed E-state index contributed by atoms with van der Waals surface area (Å²) in [4.78, 5) is 21.6. The van der Waals surface area contributed by atoms with E-state index in [1.54, 1.807) is 6.07 Å². The fraction of sp³-hybridized carbons (Fsp3) is 0.385. The Morgan fingerprint density at radius 1 is 1.19 bits per heavy atom. The van der Waals surface area contributed by atoms with E-state index in [2.05, 4.69) is 34.4 Å². The Balaban J connectivity index is 1.77. The summed E-state index contributed by atoms with van der Waals surface area (Å²) in [5.74, 6) is -1.20. The number of hydrogen-bond donors (Lipinski definition) is 3. The van der Waals surface area contributed by atoms with Crippen molar-refractivity contribution in [3.05, 3.63) is 59.8 Å². The first-order valence-electron chi connectivity index (χ1n) is 11.9. The highest BCUT2D eigenvalue weighted by molar-refractivity contribution is 6.09. The summed E-state index contributed by atoms with van der Waals surface area (Å²) in [6.07, 6.45) is 3.19. The van der Waals surface area contributed by atoms with Crippen molar-refractivity contribution in [2.45, 2.75) is 38.8 Å². The van der Waals surface area contributed by atoms with Crippen LogP contribution in [0.5, 0.6) is 0 Å². The number of nitrogens with zero attached hydrogens (tertiary/aromatic N) is 3. The largest absolute Gasteiger partial charge is 0.397 e. The van der Waals surface area contributed by atoms with Crippen LogP contribution in [-0.4, -0.2) is 61.0 Å². The van der Waals surface area contributed by atoms with Crippen molar-refractivity contribution in [3.63, 3.8) is 0 Å². The summed E-state index contributed by atoms with van der Waals surface area (Å²) < 4.78 is 42.9. The van der Waals surface area contributed by atoms with E-state index >= 15 is 4.39 Å². The molecule has 3 heterocycles. The van der Waals surface area contributed by atoms with Gasteiger partial charge in [-0.1, -0.05) is 6.08 Å². The Hall–Kier alpha value is -3.53. The third-order valence-electron chi connectivity index (χ3n) is 6.79. The lowest BCUT2D eigenvalue weighted by Crippen LogP contribution is -2.55. The van der Waals surface area contributed by atoms with Crippen LogP contribution in [0.1, 0.15) is 20.3 Å². The second kappa shape index (κ2) is 10.6. The Morgan fingerprint density at radius 2 is 1.92 bits per heavy atom. The van der Waals surface area contributed by atoms with Crippen LogP contribution in [0.15, 0.2) is 54.0 Å². The molecule has 4 N–H and O–H groups in total. The van der Waals surface area contributed by atoms with Gasteiger partial charge in [0.25, 0.3) is 12.3 Å². The number of halogens is 3. The van der Waals surface area contributed by atoms with E-state index < -0.39 is 18.1 Å². The van der Waals surface area contributed by atoms with Gasteiger partial charge >= 0.3 is 0 Å². The second-order valence-corrected chi connectivity index (χ2v) is 9.34. The van der Waals surface area contributed by atoms with Crippen molar-refractivity contribution in [1.82, 2.24) is 15.2 Å².